The molecular weight excluding hydrogens is 556 g/mol. The van der Waals surface area contributed by atoms with Gasteiger partial charge in [0, 0.05) is 16.0 Å². The van der Waals surface area contributed by atoms with Gasteiger partial charge in [0.2, 0.25) is 15.9 Å². The lowest BCUT2D eigenvalue weighted by molar-refractivity contribution is -0.122. The second-order valence-corrected chi connectivity index (χ2v) is 11.2. The van der Waals surface area contributed by atoms with E-state index in [-0.39, 0.29) is 17.9 Å². The summed E-state index contributed by atoms with van der Waals surface area (Å²) in [6, 6.07) is 18.6. The molecule has 3 aromatic rings. The summed E-state index contributed by atoms with van der Waals surface area (Å²) in [5.74, 6) is -0.485. The van der Waals surface area contributed by atoms with Crippen LogP contribution < -0.4 is 9.64 Å². The van der Waals surface area contributed by atoms with Gasteiger partial charge in [0.05, 0.1) is 24.1 Å². The first-order chi connectivity index (χ1) is 16.7. The summed E-state index contributed by atoms with van der Waals surface area (Å²) in [5, 5.41) is 0.530. The van der Waals surface area contributed by atoms with Crippen molar-refractivity contribution in [2.75, 3.05) is 18.6 Å². The first-order valence-electron chi connectivity index (χ1n) is 10.7. The van der Waals surface area contributed by atoms with Crippen molar-refractivity contribution in [1.82, 2.24) is 4.31 Å². The van der Waals surface area contributed by atoms with Crippen molar-refractivity contribution < 1.29 is 22.7 Å². The van der Waals surface area contributed by atoms with Gasteiger partial charge < -0.3 is 4.74 Å². The van der Waals surface area contributed by atoms with Crippen molar-refractivity contribution in [3.63, 3.8) is 0 Å². The molecule has 7 nitrogen and oxygen atoms in total. The Kier molecular flexibility index (Phi) is 7.61. The van der Waals surface area contributed by atoms with Gasteiger partial charge in [-0.15, -0.1) is 0 Å². The molecule has 0 aromatic heterocycles. The molecule has 0 radical (unpaired) electrons. The molecule has 1 aliphatic heterocycles. The van der Waals surface area contributed by atoms with E-state index in [1.54, 1.807) is 54.6 Å². The van der Waals surface area contributed by atoms with Crippen LogP contribution in [-0.4, -0.2) is 44.2 Å². The molecule has 0 aliphatic carbocycles. The number of hydrogen-bond donors (Lipinski definition) is 0. The minimum atomic E-state index is -4.09. The molecule has 0 saturated carbocycles. The largest absolute Gasteiger partial charge is 0.497 e. The maximum Gasteiger partial charge on any atom is 0.252 e. The van der Waals surface area contributed by atoms with E-state index in [9.17, 15) is 18.0 Å². The molecule has 35 heavy (non-hydrogen) atoms. The van der Waals surface area contributed by atoms with Crippen molar-refractivity contribution >= 4 is 55.1 Å². The maximum atomic E-state index is 13.7. The summed E-state index contributed by atoms with van der Waals surface area (Å²) in [5.41, 5.74) is 1.18. The van der Waals surface area contributed by atoms with E-state index < -0.39 is 27.9 Å². The quantitative estimate of drug-likeness (QED) is 0.363. The minimum absolute atomic E-state index is 0.00111. The molecule has 10 heteroatoms. The van der Waals surface area contributed by atoms with Gasteiger partial charge >= 0.3 is 0 Å². The van der Waals surface area contributed by atoms with Gasteiger partial charge in [0.25, 0.3) is 5.91 Å². The molecular formula is C25H22BrClN2O5S. The van der Waals surface area contributed by atoms with Gasteiger partial charge in [-0.2, -0.15) is 4.31 Å². The zero-order valence-corrected chi connectivity index (χ0v) is 21.9. The highest BCUT2D eigenvalue weighted by atomic mass is 79.9. The molecule has 3 aromatic carbocycles. The number of carbonyl (C=O) groups excluding carboxylic acids is 2. The Morgan fingerprint density at radius 2 is 1.74 bits per heavy atom. The normalized spacial score (nSPS) is 16.2. The number of amides is 2. The summed E-state index contributed by atoms with van der Waals surface area (Å²) in [6.07, 6.45) is 0.0625. The molecule has 1 fully saturated rings. The number of ether oxygens (including phenoxy) is 1. The number of imide groups is 1. The van der Waals surface area contributed by atoms with Gasteiger partial charge in [-0.3, -0.25) is 9.59 Å². The van der Waals surface area contributed by atoms with Crippen molar-refractivity contribution in [2.24, 2.45) is 0 Å². The first kappa shape index (κ1) is 25.4. The van der Waals surface area contributed by atoms with Crippen LogP contribution in [0.15, 0.2) is 82.2 Å². The summed E-state index contributed by atoms with van der Waals surface area (Å²) in [7, 11) is -2.58. The average molecular weight is 578 g/mol. The van der Waals surface area contributed by atoms with E-state index in [1.165, 1.54) is 19.2 Å². The van der Waals surface area contributed by atoms with Crippen molar-refractivity contribution in [3.8, 4) is 5.75 Å². The molecule has 1 atom stereocenters. The molecule has 0 N–H and O–H groups in total. The van der Waals surface area contributed by atoms with Gasteiger partial charge in [-0.1, -0.05) is 39.7 Å². The second-order valence-electron chi connectivity index (χ2n) is 7.93. The molecule has 4 rings (SSSR count). The third-order valence-electron chi connectivity index (χ3n) is 5.73. The van der Waals surface area contributed by atoms with Crippen LogP contribution in [0.4, 0.5) is 5.69 Å². The zero-order valence-electron chi connectivity index (χ0n) is 18.7. The van der Waals surface area contributed by atoms with Gasteiger partial charge in [-0.25, -0.2) is 13.3 Å². The number of carbonyl (C=O) groups is 2. The Hall–Kier alpha value is -2.72. The number of anilines is 1. The highest BCUT2D eigenvalue weighted by Gasteiger charge is 2.46. The molecule has 0 spiro atoms. The predicted molar refractivity (Wildman–Crippen MR) is 137 cm³/mol. The third kappa shape index (κ3) is 5.43. The van der Waals surface area contributed by atoms with Crippen LogP contribution in [0.25, 0.3) is 0 Å². The van der Waals surface area contributed by atoms with E-state index in [1.807, 2.05) is 6.07 Å². The van der Waals surface area contributed by atoms with Crippen LogP contribution in [0.3, 0.4) is 0 Å². The summed E-state index contributed by atoms with van der Waals surface area (Å²) < 4.78 is 34.4. The highest BCUT2D eigenvalue weighted by molar-refractivity contribution is 9.10. The van der Waals surface area contributed by atoms with Gasteiger partial charge in [0.1, 0.15) is 11.8 Å². The summed E-state index contributed by atoms with van der Waals surface area (Å²) in [4.78, 5) is 27.4. The standard InChI is InChI=1S/C25H22BrClN2O5S/c1-34-21-9-7-20(8-10-21)29-24(30)16-23(25(29)31)28(14-13-17-3-2-4-19(27)15-17)35(32,33)22-11-5-18(26)6-12-22/h2-12,15,23H,13-14,16H2,1H3. The van der Waals surface area contributed by atoms with E-state index in [0.29, 0.717) is 22.9 Å². The molecule has 2 amide bonds. The lowest BCUT2D eigenvalue weighted by atomic mass is 10.1. The fourth-order valence-corrected chi connectivity index (χ4v) is 6.02. The molecule has 1 unspecified atom stereocenters. The third-order valence-corrected chi connectivity index (χ3v) is 8.42. The minimum Gasteiger partial charge on any atom is -0.497 e. The van der Waals surface area contributed by atoms with Crippen LogP contribution in [-0.2, 0) is 26.0 Å². The number of halogens is 2. The van der Waals surface area contributed by atoms with Crippen molar-refractivity contribution in [2.45, 2.75) is 23.8 Å². The highest BCUT2D eigenvalue weighted by Crippen LogP contribution is 2.31. The Balaban J connectivity index is 1.68. The SMILES string of the molecule is COc1ccc(N2C(=O)CC(N(CCc3cccc(Cl)c3)S(=O)(=O)c3ccc(Br)cc3)C2=O)cc1. The predicted octanol–water partition coefficient (Wildman–Crippen LogP) is 4.68. The Labute approximate surface area is 217 Å². The van der Waals surface area contributed by atoms with Crippen LogP contribution in [0.5, 0.6) is 5.75 Å². The monoisotopic (exact) mass is 576 g/mol. The lowest BCUT2D eigenvalue weighted by Crippen LogP contribution is -2.46. The zero-order chi connectivity index (χ0) is 25.2. The summed E-state index contributed by atoms with van der Waals surface area (Å²) in [6.45, 7) is -0.00111. The Bertz CT molecular complexity index is 1350. The van der Waals surface area contributed by atoms with Gasteiger partial charge in [-0.05, 0) is 72.6 Å². The topological polar surface area (TPSA) is 84.0 Å². The number of benzene rings is 3. The number of hydrogen-bond acceptors (Lipinski definition) is 5. The number of sulfonamides is 1. The van der Waals surface area contributed by atoms with E-state index in [0.717, 1.165) is 19.2 Å². The Morgan fingerprint density at radius 3 is 2.37 bits per heavy atom. The smallest absolute Gasteiger partial charge is 0.252 e. The fraction of sp³-hybridized carbons (Fsp3) is 0.200. The molecule has 1 heterocycles. The van der Waals surface area contributed by atoms with Crippen molar-refractivity contribution in [1.29, 1.82) is 0 Å². The molecule has 0 bridgehead atoms. The number of methoxy groups -OCH3 is 1. The second kappa shape index (κ2) is 10.5. The van der Waals surface area contributed by atoms with Crippen LogP contribution >= 0.6 is 27.5 Å². The lowest BCUT2D eigenvalue weighted by Gasteiger charge is -2.27. The maximum absolute atomic E-state index is 13.7. The Morgan fingerprint density at radius 1 is 1.06 bits per heavy atom. The summed E-state index contributed by atoms with van der Waals surface area (Å²) >= 11 is 9.40. The van der Waals surface area contributed by atoms with Crippen LogP contribution in [0, 0.1) is 0 Å². The number of nitrogens with zero attached hydrogens (tertiary/aromatic N) is 2. The average Bonchev–Trinajstić information content (AvgIpc) is 3.13. The molecule has 182 valence electrons. The molecule has 1 aliphatic rings. The first-order valence-corrected chi connectivity index (χ1v) is 13.3. The van der Waals surface area contributed by atoms with Crippen molar-refractivity contribution in [3.05, 3.63) is 87.9 Å². The molecule has 1 saturated heterocycles. The van der Waals surface area contributed by atoms with E-state index in [2.05, 4.69) is 15.9 Å². The van der Waals surface area contributed by atoms with Crippen LogP contribution in [0.1, 0.15) is 12.0 Å². The number of rotatable bonds is 8. The van der Waals surface area contributed by atoms with E-state index in [4.69, 9.17) is 16.3 Å². The van der Waals surface area contributed by atoms with Crippen LogP contribution in [0.2, 0.25) is 5.02 Å². The van der Waals surface area contributed by atoms with Gasteiger partial charge in [0.15, 0.2) is 0 Å². The fourth-order valence-electron chi connectivity index (χ4n) is 3.96. The van der Waals surface area contributed by atoms with E-state index >= 15 is 0 Å².